The molecule has 1 amide bonds. The summed E-state index contributed by atoms with van der Waals surface area (Å²) >= 11 is 0. The summed E-state index contributed by atoms with van der Waals surface area (Å²) < 4.78 is 26.1. The predicted molar refractivity (Wildman–Crippen MR) is 90.3 cm³/mol. The molecule has 0 bridgehead atoms. The van der Waals surface area contributed by atoms with Gasteiger partial charge in [0.2, 0.25) is 5.91 Å². The average molecular weight is 336 g/mol. The Morgan fingerprint density at radius 2 is 1.50 bits per heavy atom. The SMILES string of the molecule is CCCCCCCCCC(=O)NCCCCCOS(C)(=O)=O. The highest BCUT2D eigenvalue weighted by molar-refractivity contribution is 7.85. The molecule has 0 saturated heterocycles. The molecule has 0 saturated carbocycles. The summed E-state index contributed by atoms with van der Waals surface area (Å²) in [6.45, 7) is 3.10. The van der Waals surface area contributed by atoms with Crippen molar-refractivity contribution in [3.05, 3.63) is 0 Å². The number of carbonyl (C=O) groups is 1. The standard InChI is InChI=1S/C16H33NO4S/c1-3-4-5-6-7-8-10-13-16(18)17-14-11-9-12-15-21-22(2,19)20/h3-15H2,1-2H3,(H,17,18). The second kappa shape index (κ2) is 14.0. The zero-order valence-corrected chi connectivity index (χ0v) is 15.1. The highest BCUT2D eigenvalue weighted by atomic mass is 32.2. The van der Waals surface area contributed by atoms with Crippen molar-refractivity contribution in [2.75, 3.05) is 19.4 Å². The molecule has 5 nitrogen and oxygen atoms in total. The predicted octanol–water partition coefficient (Wildman–Crippen LogP) is 3.39. The second-order valence-electron chi connectivity index (χ2n) is 5.81. The largest absolute Gasteiger partial charge is 0.356 e. The molecule has 0 aromatic heterocycles. The first-order valence-electron chi connectivity index (χ1n) is 8.57. The maximum atomic E-state index is 11.6. The molecule has 0 atom stereocenters. The lowest BCUT2D eigenvalue weighted by Crippen LogP contribution is -2.24. The molecule has 22 heavy (non-hydrogen) atoms. The summed E-state index contributed by atoms with van der Waals surface area (Å²) in [6.07, 6.45) is 12.6. The van der Waals surface area contributed by atoms with Crippen molar-refractivity contribution in [1.82, 2.24) is 5.32 Å². The van der Waals surface area contributed by atoms with Gasteiger partial charge in [-0.25, -0.2) is 0 Å². The molecule has 0 rings (SSSR count). The van der Waals surface area contributed by atoms with Crippen LogP contribution in [0.3, 0.4) is 0 Å². The fourth-order valence-electron chi connectivity index (χ4n) is 2.17. The molecule has 0 fully saturated rings. The van der Waals surface area contributed by atoms with E-state index in [1.54, 1.807) is 0 Å². The number of hydrogen-bond acceptors (Lipinski definition) is 4. The van der Waals surface area contributed by atoms with Crippen LogP contribution in [0.5, 0.6) is 0 Å². The summed E-state index contributed by atoms with van der Waals surface area (Å²) in [7, 11) is -3.32. The average Bonchev–Trinajstić information content (AvgIpc) is 2.44. The lowest BCUT2D eigenvalue weighted by atomic mass is 10.1. The molecule has 6 heteroatoms. The number of amides is 1. The number of carbonyl (C=O) groups excluding carboxylic acids is 1. The van der Waals surface area contributed by atoms with Gasteiger partial charge in [-0.3, -0.25) is 8.98 Å². The van der Waals surface area contributed by atoms with E-state index < -0.39 is 10.1 Å². The Morgan fingerprint density at radius 1 is 0.909 bits per heavy atom. The number of nitrogens with one attached hydrogen (secondary N) is 1. The molecule has 0 aliphatic heterocycles. The molecular weight excluding hydrogens is 302 g/mol. The van der Waals surface area contributed by atoms with Crippen LogP contribution in [0.15, 0.2) is 0 Å². The third kappa shape index (κ3) is 17.4. The van der Waals surface area contributed by atoms with E-state index in [0.717, 1.165) is 31.9 Å². The summed E-state index contributed by atoms with van der Waals surface area (Å²) in [6, 6.07) is 0. The van der Waals surface area contributed by atoms with Gasteiger partial charge in [0.1, 0.15) is 0 Å². The Labute approximate surface area is 136 Å². The molecule has 0 unspecified atom stereocenters. The van der Waals surface area contributed by atoms with E-state index in [9.17, 15) is 13.2 Å². The lowest BCUT2D eigenvalue weighted by molar-refractivity contribution is -0.121. The first kappa shape index (κ1) is 21.4. The van der Waals surface area contributed by atoms with E-state index in [4.69, 9.17) is 0 Å². The van der Waals surface area contributed by atoms with Crippen LogP contribution in [0.1, 0.15) is 77.6 Å². The minimum absolute atomic E-state index is 0.126. The van der Waals surface area contributed by atoms with Gasteiger partial charge in [-0.15, -0.1) is 0 Å². The van der Waals surface area contributed by atoms with Crippen LogP contribution in [0.2, 0.25) is 0 Å². The molecule has 0 spiro atoms. The fraction of sp³-hybridized carbons (Fsp3) is 0.938. The van der Waals surface area contributed by atoms with Crippen LogP contribution in [0, 0.1) is 0 Å². The van der Waals surface area contributed by atoms with Crippen LogP contribution in [0.4, 0.5) is 0 Å². The van der Waals surface area contributed by atoms with E-state index in [0.29, 0.717) is 19.4 Å². The van der Waals surface area contributed by atoms with E-state index in [1.807, 2.05) is 0 Å². The van der Waals surface area contributed by atoms with Gasteiger partial charge in [-0.1, -0.05) is 45.4 Å². The van der Waals surface area contributed by atoms with Crippen molar-refractivity contribution < 1.29 is 17.4 Å². The highest BCUT2D eigenvalue weighted by Gasteiger charge is 2.02. The topological polar surface area (TPSA) is 72.5 Å². The summed E-state index contributed by atoms with van der Waals surface area (Å²) in [5.74, 6) is 0.126. The Balaban J connectivity index is 3.26. The van der Waals surface area contributed by atoms with Crippen LogP contribution in [-0.2, 0) is 19.1 Å². The van der Waals surface area contributed by atoms with Gasteiger partial charge in [0.15, 0.2) is 0 Å². The van der Waals surface area contributed by atoms with Gasteiger partial charge in [0.25, 0.3) is 10.1 Å². The van der Waals surface area contributed by atoms with Gasteiger partial charge in [0.05, 0.1) is 12.9 Å². The van der Waals surface area contributed by atoms with Gasteiger partial charge in [-0.05, 0) is 25.7 Å². The molecule has 132 valence electrons. The zero-order valence-electron chi connectivity index (χ0n) is 14.2. The monoisotopic (exact) mass is 335 g/mol. The van der Waals surface area contributed by atoms with Crippen LogP contribution in [0.25, 0.3) is 0 Å². The third-order valence-corrected chi connectivity index (χ3v) is 4.04. The highest BCUT2D eigenvalue weighted by Crippen LogP contribution is 2.08. The van der Waals surface area contributed by atoms with E-state index in [-0.39, 0.29) is 12.5 Å². The minimum atomic E-state index is -3.32. The zero-order chi connectivity index (χ0) is 16.7. The smallest absolute Gasteiger partial charge is 0.264 e. The summed E-state index contributed by atoms with van der Waals surface area (Å²) in [5.41, 5.74) is 0. The maximum absolute atomic E-state index is 11.6. The third-order valence-electron chi connectivity index (χ3n) is 3.45. The summed E-state index contributed by atoms with van der Waals surface area (Å²) in [5, 5.41) is 2.90. The van der Waals surface area contributed by atoms with E-state index in [2.05, 4.69) is 16.4 Å². The maximum Gasteiger partial charge on any atom is 0.264 e. The van der Waals surface area contributed by atoms with Crippen molar-refractivity contribution in [3.63, 3.8) is 0 Å². The molecule has 0 aliphatic carbocycles. The molecule has 0 radical (unpaired) electrons. The normalized spacial score (nSPS) is 11.5. The first-order chi connectivity index (χ1) is 10.5. The first-order valence-corrected chi connectivity index (χ1v) is 10.4. The fourth-order valence-corrected chi connectivity index (χ4v) is 2.59. The van der Waals surface area contributed by atoms with Gasteiger partial charge < -0.3 is 5.32 Å². The Morgan fingerprint density at radius 3 is 2.14 bits per heavy atom. The molecule has 0 aromatic rings. The Bertz CT molecular complexity index is 368. The van der Waals surface area contributed by atoms with Crippen molar-refractivity contribution in [3.8, 4) is 0 Å². The molecule has 0 aliphatic rings. The number of unbranched alkanes of at least 4 members (excludes halogenated alkanes) is 8. The van der Waals surface area contributed by atoms with Gasteiger partial charge >= 0.3 is 0 Å². The quantitative estimate of drug-likeness (QED) is 0.368. The molecule has 0 heterocycles. The van der Waals surface area contributed by atoms with Crippen LogP contribution >= 0.6 is 0 Å². The molecule has 0 aromatic carbocycles. The number of hydrogen-bond donors (Lipinski definition) is 1. The second-order valence-corrected chi connectivity index (χ2v) is 7.45. The summed E-state index contributed by atoms with van der Waals surface area (Å²) in [4.78, 5) is 11.6. The lowest BCUT2D eigenvalue weighted by Gasteiger charge is -2.05. The van der Waals surface area contributed by atoms with Crippen LogP contribution < -0.4 is 5.32 Å². The molecule has 1 N–H and O–H groups in total. The van der Waals surface area contributed by atoms with E-state index >= 15 is 0 Å². The van der Waals surface area contributed by atoms with Crippen molar-refractivity contribution in [2.45, 2.75) is 77.6 Å². The van der Waals surface area contributed by atoms with Gasteiger partial charge in [-0.2, -0.15) is 8.42 Å². The van der Waals surface area contributed by atoms with Crippen molar-refractivity contribution in [1.29, 1.82) is 0 Å². The molecular formula is C16H33NO4S. The van der Waals surface area contributed by atoms with Crippen molar-refractivity contribution in [2.24, 2.45) is 0 Å². The van der Waals surface area contributed by atoms with Crippen LogP contribution in [-0.4, -0.2) is 33.7 Å². The van der Waals surface area contributed by atoms with Gasteiger partial charge in [0, 0.05) is 13.0 Å². The number of rotatable bonds is 15. The van der Waals surface area contributed by atoms with E-state index in [1.165, 1.54) is 32.1 Å². The Kier molecular flexibility index (Phi) is 13.6. The Hall–Kier alpha value is -0.620. The minimum Gasteiger partial charge on any atom is -0.356 e. The van der Waals surface area contributed by atoms with Crippen molar-refractivity contribution >= 4 is 16.0 Å².